The van der Waals surface area contributed by atoms with Crippen molar-refractivity contribution >= 4 is 17.5 Å². The summed E-state index contributed by atoms with van der Waals surface area (Å²) in [7, 11) is 0. The number of hydrogen-bond donors (Lipinski definition) is 1. The molecule has 180 valence electrons. The highest BCUT2D eigenvalue weighted by molar-refractivity contribution is 5.95. The van der Waals surface area contributed by atoms with Crippen molar-refractivity contribution in [1.29, 1.82) is 0 Å². The molecule has 3 aliphatic rings. The molecule has 2 aromatic rings. The molecule has 2 aliphatic heterocycles. The summed E-state index contributed by atoms with van der Waals surface area (Å²) in [6.45, 7) is 7.75. The molecule has 2 fully saturated rings. The summed E-state index contributed by atoms with van der Waals surface area (Å²) in [5.41, 5.74) is 4.62. The fraction of sp³-hybridized carbons (Fsp3) is 0.536. The van der Waals surface area contributed by atoms with E-state index >= 15 is 0 Å². The van der Waals surface area contributed by atoms with Gasteiger partial charge in [0, 0.05) is 55.7 Å². The zero-order chi connectivity index (χ0) is 23.7. The molecule has 2 amide bonds. The van der Waals surface area contributed by atoms with Crippen molar-refractivity contribution in [2.45, 2.75) is 58.4 Å². The first kappa shape index (κ1) is 22.9. The third kappa shape index (κ3) is 4.42. The van der Waals surface area contributed by atoms with Gasteiger partial charge in [-0.05, 0) is 79.3 Å². The number of piperidine rings is 1. The molecular formula is C28H36N4O2. The average molecular weight is 461 g/mol. The number of amides is 2. The quantitative estimate of drug-likeness (QED) is 0.720. The molecule has 1 aromatic heterocycles. The molecule has 1 aliphatic carbocycles. The van der Waals surface area contributed by atoms with E-state index in [0.717, 1.165) is 75.8 Å². The highest BCUT2D eigenvalue weighted by atomic mass is 16.2. The molecule has 0 saturated carbocycles. The third-order valence-corrected chi connectivity index (χ3v) is 8.42. The van der Waals surface area contributed by atoms with E-state index in [0.29, 0.717) is 0 Å². The van der Waals surface area contributed by atoms with Gasteiger partial charge in [0.15, 0.2) is 0 Å². The van der Waals surface area contributed by atoms with Crippen molar-refractivity contribution in [1.82, 2.24) is 15.2 Å². The Morgan fingerprint density at radius 1 is 1.12 bits per heavy atom. The van der Waals surface area contributed by atoms with Crippen molar-refractivity contribution in [2.24, 2.45) is 11.3 Å². The van der Waals surface area contributed by atoms with Gasteiger partial charge in [0.2, 0.25) is 5.91 Å². The van der Waals surface area contributed by atoms with E-state index in [1.165, 1.54) is 11.3 Å². The SMILES string of the molecule is CCC(C)C(=O)NC1CCc2ccc(C(=O)N3CCC4(CCN(c5ccncc5)CC4)C3)cc21. The number of carbonyl (C=O) groups excluding carboxylic acids is 2. The highest BCUT2D eigenvalue weighted by Gasteiger charge is 2.42. The van der Waals surface area contributed by atoms with Gasteiger partial charge in [-0.2, -0.15) is 0 Å². The topological polar surface area (TPSA) is 65.5 Å². The number of nitrogens with one attached hydrogen (secondary N) is 1. The molecule has 34 heavy (non-hydrogen) atoms. The minimum atomic E-state index is 0.0135. The Morgan fingerprint density at radius 2 is 1.85 bits per heavy atom. The van der Waals surface area contributed by atoms with E-state index in [2.05, 4.69) is 38.3 Å². The van der Waals surface area contributed by atoms with E-state index in [9.17, 15) is 9.59 Å². The van der Waals surface area contributed by atoms with Crippen LogP contribution < -0.4 is 10.2 Å². The Labute approximate surface area is 202 Å². The summed E-state index contributed by atoms with van der Waals surface area (Å²) in [5.74, 6) is 0.256. The van der Waals surface area contributed by atoms with Gasteiger partial charge >= 0.3 is 0 Å². The second-order valence-electron chi connectivity index (χ2n) is 10.5. The highest BCUT2D eigenvalue weighted by Crippen LogP contribution is 2.42. The number of carbonyl (C=O) groups is 2. The molecule has 1 spiro atoms. The third-order valence-electron chi connectivity index (χ3n) is 8.42. The number of rotatable bonds is 5. The first-order valence-electron chi connectivity index (χ1n) is 12.9. The maximum absolute atomic E-state index is 13.5. The molecular weight excluding hydrogens is 424 g/mol. The molecule has 5 rings (SSSR count). The summed E-state index contributed by atoms with van der Waals surface area (Å²) in [4.78, 5) is 34.6. The fourth-order valence-corrected chi connectivity index (χ4v) is 5.88. The number of benzene rings is 1. The summed E-state index contributed by atoms with van der Waals surface area (Å²) in [6.07, 6.45) is 9.73. The van der Waals surface area contributed by atoms with Gasteiger partial charge in [0.1, 0.15) is 0 Å². The normalized spacial score (nSPS) is 22.0. The van der Waals surface area contributed by atoms with Crippen molar-refractivity contribution < 1.29 is 9.59 Å². The molecule has 2 atom stereocenters. The van der Waals surface area contributed by atoms with E-state index in [1.807, 2.05) is 38.4 Å². The summed E-state index contributed by atoms with van der Waals surface area (Å²) in [6, 6.07) is 10.3. The first-order valence-corrected chi connectivity index (χ1v) is 12.9. The Kier molecular flexibility index (Phi) is 6.32. The number of nitrogens with zero attached hydrogens (tertiary/aromatic N) is 3. The monoisotopic (exact) mass is 460 g/mol. The molecule has 1 N–H and O–H groups in total. The van der Waals surface area contributed by atoms with Crippen molar-refractivity contribution in [3.05, 3.63) is 59.4 Å². The van der Waals surface area contributed by atoms with Crippen LogP contribution in [0.1, 0.15) is 73.5 Å². The number of aromatic nitrogens is 1. The first-order chi connectivity index (χ1) is 16.5. The Balaban J connectivity index is 1.23. The van der Waals surface area contributed by atoms with Crippen LogP contribution in [0.25, 0.3) is 0 Å². The second-order valence-corrected chi connectivity index (χ2v) is 10.5. The molecule has 2 unspecified atom stereocenters. The lowest BCUT2D eigenvalue weighted by atomic mass is 9.77. The minimum Gasteiger partial charge on any atom is -0.371 e. The van der Waals surface area contributed by atoms with Crippen LogP contribution in [0, 0.1) is 11.3 Å². The molecule has 0 bridgehead atoms. The molecule has 1 aromatic carbocycles. The summed E-state index contributed by atoms with van der Waals surface area (Å²) >= 11 is 0. The lowest BCUT2D eigenvalue weighted by Crippen LogP contribution is -2.42. The van der Waals surface area contributed by atoms with Gasteiger partial charge in [-0.3, -0.25) is 14.6 Å². The van der Waals surface area contributed by atoms with E-state index in [4.69, 9.17) is 0 Å². The predicted octanol–water partition coefficient (Wildman–Crippen LogP) is 4.36. The van der Waals surface area contributed by atoms with Gasteiger partial charge in [-0.15, -0.1) is 0 Å². The lowest BCUT2D eigenvalue weighted by molar-refractivity contribution is -0.125. The van der Waals surface area contributed by atoms with Crippen LogP contribution >= 0.6 is 0 Å². The summed E-state index contributed by atoms with van der Waals surface area (Å²) in [5, 5.41) is 3.21. The van der Waals surface area contributed by atoms with Gasteiger partial charge in [-0.25, -0.2) is 0 Å². The Morgan fingerprint density at radius 3 is 2.59 bits per heavy atom. The van der Waals surface area contributed by atoms with Crippen molar-refractivity contribution in [2.75, 3.05) is 31.1 Å². The molecule has 0 radical (unpaired) electrons. The molecule has 2 saturated heterocycles. The van der Waals surface area contributed by atoms with Crippen LogP contribution in [0.2, 0.25) is 0 Å². The van der Waals surface area contributed by atoms with Crippen LogP contribution in [-0.2, 0) is 11.2 Å². The van der Waals surface area contributed by atoms with Crippen LogP contribution in [0.5, 0.6) is 0 Å². The predicted molar refractivity (Wildman–Crippen MR) is 134 cm³/mol. The van der Waals surface area contributed by atoms with E-state index in [-0.39, 0.29) is 29.2 Å². The lowest BCUT2D eigenvalue weighted by Gasteiger charge is -2.40. The van der Waals surface area contributed by atoms with Crippen LogP contribution in [0.4, 0.5) is 5.69 Å². The zero-order valence-corrected chi connectivity index (χ0v) is 20.4. The number of likely N-dealkylation sites (tertiary alicyclic amines) is 1. The largest absolute Gasteiger partial charge is 0.371 e. The summed E-state index contributed by atoms with van der Waals surface area (Å²) < 4.78 is 0. The second kappa shape index (κ2) is 9.40. The smallest absolute Gasteiger partial charge is 0.253 e. The molecule has 3 heterocycles. The van der Waals surface area contributed by atoms with Gasteiger partial charge in [0.05, 0.1) is 6.04 Å². The van der Waals surface area contributed by atoms with Gasteiger partial charge in [0.25, 0.3) is 5.91 Å². The Bertz CT molecular complexity index is 1050. The van der Waals surface area contributed by atoms with Gasteiger partial charge < -0.3 is 15.1 Å². The number of aryl methyl sites for hydroxylation is 1. The van der Waals surface area contributed by atoms with Crippen molar-refractivity contribution in [3.8, 4) is 0 Å². The number of hydrogen-bond acceptors (Lipinski definition) is 4. The van der Waals surface area contributed by atoms with Crippen LogP contribution in [0.15, 0.2) is 42.7 Å². The standard InChI is InChI=1S/C28H36N4O2/c1-3-20(2)26(33)30-25-7-6-21-4-5-22(18-24(21)25)27(34)32-17-12-28(19-32)10-15-31(16-11-28)23-8-13-29-14-9-23/h4-5,8-9,13-14,18,20,25H,3,6-7,10-12,15-17,19H2,1-2H3,(H,30,33). The maximum atomic E-state index is 13.5. The minimum absolute atomic E-state index is 0.0135. The molecule has 6 nitrogen and oxygen atoms in total. The zero-order valence-electron chi connectivity index (χ0n) is 20.4. The number of fused-ring (bicyclic) bond motifs is 1. The maximum Gasteiger partial charge on any atom is 0.253 e. The van der Waals surface area contributed by atoms with Crippen LogP contribution in [0.3, 0.4) is 0 Å². The average Bonchev–Trinajstić information content (AvgIpc) is 3.48. The van der Waals surface area contributed by atoms with Crippen molar-refractivity contribution in [3.63, 3.8) is 0 Å². The van der Waals surface area contributed by atoms with Gasteiger partial charge in [-0.1, -0.05) is 19.9 Å². The number of pyridine rings is 1. The number of anilines is 1. The Hall–Kier alpha value is -2.89. The van der Waals surface area contributed by atoms with E-state index < -0.39 is 0 Å². The fourth-order valence-electron chi connectivity index (χ4n) is 5.88. The molecule has 6 heteroatoms. The van der Waals surface area contributed by atoms with E-state index in [1.54, 1.807) is 0 Å². The van der Waals surface area contributed by atoms with Crippen LogP contribution in [-0.4, -0.2) is 47.9 Å².